The molecule has 1 aromatic heterocycles. The smallest absolute Gasteiger partial charge is 0.416 e. The lowest BCUT2D eigenvalue weighted by molar-refractivity contribution is -0.138. The van der Waals surface area contributed by atoms with E-state index in [1.54, 1.807) is 17.0 Å². The van der Waals surface area contributed by atoms with Gasteiger partial charge in [-0.3, -0.25) is 9.52 Å². The van der Waals surface area contributed by atoms with Crippen molar-refractivity contribution in [3.8, 4) is 5.75 Å². The lowest BCUT2D eigenvalue weighted by Gasteiger charge is -2.37. The van der Waals surface area contributed by atoms with Crippen LogP contribution < -0.4 is 14.4 Å². The first-order valence-corrected chi connectivity index (χ1v) is 12.8. The third kappa shape index (κ3) is 6.47. The van der Waals surface area contributed by atoms with Crippen LogP contribution in [0.25, 0.3) is 0 Å². The largest absolute Gasteiger partial charge is 0.481 e. The number of aromatic nitrogens is 2. The molecule has 0 aliphatic carbocycles. The van der Waals surface area contributed by atoms with Crippen LogP contribution in [0.3, 0.4) is 0 Å². The zero-order valence-electron chi connectivity index (χ0n) is 19.7. The number of rotatable bonds is 7. The Labute approximate surface area is 212 Å². The third-order valence-electron chi connectivity index (χ3n) is 5.75. The molecule has 1 aliphatic heterocycles. The Morgan fingerprint density at radius 3 is 2.38 bits per heavy atom. The fraction of sp³-hybridized carbons (Fsp3) is 0.292. The van der Waals surface area contributed by atoms with Crippen LogP contribution in [0.4, 0.5) is 24.7 Å². The van der Waals surface area contributed by atoms with Crippen LogP contribution in [-0.4, -0.2) is 61.5 Å². The summed E-state index contributed by atoms with van der Waals surface area (Å²) in [5, 5.41) is 0. The number of piperazine rings is 1. The maximum atomic E-state index is 12.9. The number of amides is 1. The molecule has 2 heterocycles. The predicted molar refractivity (Wildman–Crippen MR) is 130 cm³/mol. The minimum Gasteiger partial charge on any atom is -0.481 e. The number of benzene rings is 2. The van der Waals surface area contributed by atoms with Crippen LogP contribution in [0.1, 0.15) is 12.5 Å². The number of anilines is 2. The highest BCUT2D eigenvalue weighted by molar-refractivity contribution is 7.92. The van der Waals surface area contributed by atoms with Crippen LogP contribution in [-0.2, 0) is 21.0 Å². The topological polar surface area (TPSA) is 105 Å². The summed E-state index contributed by atoms with van der Waals surface area (Å²) < 4.78 is 71.8. The fourth-order valence-electron chi connectivity index (χ4n) is 3.83. The van der Waals surface area contributed by atoms with Crippen molar-refractivity contribution in [2.75, 3.05) is 35.8 Å². The molecule has 1 saturated heterocycles. The summed E-state index contributed by atoms with van der Waals surface area (Å²) in [7, 11) is -3.82. The Bertz CT molecular complexity index is 1330. The number of hydrogen-bond acceptors (Lipinski definition) is 7. The summed E-state index contributed by atoms with van der Waals surface area (Å²) in [6.07, 6.45) is -2.79. The maximum absolute atomic E-state index is 12.9. The number of alkyl halides is 3. The molecule has 2 aromatic carbocycles. The molecule has 13 heteroatoms. The average Bonchev–Trinajstić information content (AvgIpc) is 2.88. The standard InChI is InChI=1S/C24H24F3N5O4S/c1-17(36-20-4-2-3-18(15-20)24(25,26)27)23(33)32-13-11-31(12-14-32)19-5-7-21(8-6-19)37(34,35)30-22-9-10-28-16-29-22/h2-10,15-17H,11-14H2,1H3,(H,28,29,30). The van der Waals surface area contributed by atoms with Crippen molar-refractivity contribution in [3.63, 3.8) is 0 Å². The lowest BCUT2D eigenvalue weighted by Crippen LogP contribution is -2.52. The first-order chi connectivity index (χ1) is 17.5. The van der Waals surface area contributed by atoms with Gasteiger partial charge in [0.05, 0.1) is 10.5 Å². The van der Waals surface area contributed by atoms with Crippen molar-refractivity contribution < 1.29 is 31.1 Å². The van der Waals surface area contributed by atoms with E-state index in [1.165, 1.54) is 49.8 Å². The highest BCUT2D eigenvalue weighted by Gasteiger charge is 2.31. The Hall–Kier alpha value is -3.87. The highest BCUT2D eigenvalue weighted by atomic mass is 32.2. The predicted octanol–water partition coefficient (Wildman–Crippen LogP) is 3.41. The molecule has 1 aliphatic rings. The second kappa shape index (κ2) is 10.6. The summed E-state index contributed by atoms with van der Waals surface area (Å²) in [5.74, 6) is -0.195. The van der Waals surface area contributed by atoms with Gasteiger partial charge in [0.15, 0.2) is 6.10 Å². The van der Waals surface area contributed by atoms with E-state index in [9.17, 15) is 26.4 Å². The van der Waals surface area contributed by atoms with Crippen molar-refractivity contribution in [3.05, 3.63) is 72.7 Å². The molecule has 9 nitrogen and oxygen atoms in total. The lowest BCUT2D eigenvalue weighted by atomic mass is 10.2. The molecule has 0 spiro atoms. The van der Waals surface area contributed by atoms with Gasteiger partial charge < -0.3 is 14.5 Å². The van der Waals surface area contributed by atoms with Gasteiger partial charge in [0, 0.05) is 38.1 Å². The fourth-order valence-corrected chi connectivity index (χ4v) is 4.83. The van der Waals surface area contributed by atoms with Crippen molar-refractivity contribution in [1.29, 1.82) is 0 Å². The van der Waals surface area contributed by atoms with Gasteiger partial charge >= 0.3 is 6.18 Å². The summed E-state index contributed by atoms with van der Waals surface area (Å²) in [6, 6.07) is 12.2. The molecule has 1 N–H and O–H groups in total. The Balaban J connectivity index is 1.32. The third-order valence-corrected chi connectivity index (χ3v) is 7.12. The number of nitrogens with one attached hydrogen (secondary N) is 1. The summed E-state index contributed by atoms with van der Waals surface area (Å²) in [5.41, 5.74) is -0.0526. The van der Waals surface area contributed by atoms with Crippen molar-refractivity contribution in [1.82, 2.24) is 14.9 Å². The molecule has 196 valence electrons. The van der Waals surface area contributed by atoms with Crippen molar-refractivity contribution in [2.45, 2.75) is 24.1 Å². The van der Waals surface area contributed by atoms with Gasteiger partial charge in [-0.15, -0.1) is 0 Å². The average molecular weight is 536 g/mol. The Morgan fingerprint density at radius 2 is 1.76 bits per heavy atom. The molecule has 3 aromatic rings. The zero-order chi connectivity index (χ0) is 26.6. The number of carbonyl (C=O) groups excluding carboxylic acids is 1. The first-order valence-electron chi connectivity index (χ1n) is 11.3. The van der Waals surface area contributed by atoms with Gasteiger partial charge in [-0.2, -0.15) is 13.2 Å². The second-order valence-electron chi connectivity index (χ2n) is 8.29. The number of hydrogen-bond donors (Lipinski definition) is 1. The summed E-state index contributed by atoms with van der Waals surface area (Å²) in [6.45, 7) is 3.25. The molecule has 0 saturated carbocycles. The zero-order valence-corrected chi connectivity index (χ0v) is 20.5. The molecular formula is C24H24F3N5O4S. The molecule has 1 fully saturated rings. The van der Waals surface area contributed by atoms with Gasteiger partial charge in [-0.1, -0.05) is 6.07 Å². The Kier molecular flexibility index (Phi) is 7.52. The van der Waals surface area contributed by atoms with Crippen molar-refractivity contribution in [2.24, 2.45) is 0 Å². The summed E-state index contributed by atoms with van der Waals surface area (Å²) in [4.78, 5) is 24.1. The van der Waals surface area contributed by atoms with E-state index >= 15 is 0 Å². The molecular weight excluding hydrogens is 511 g/mol. The monoisotopic (exact) mass is 535 g/mol. The molecule has 37 heavy (non-hydrogen) atoms. The molecule has 1 atom stereocenters. The molecule has 0 radical (unpaired) electrons. The second-order valence-corrected chi connectivity index (χ2v) is 9.97. The van der Waals surface area contributed by atoms with Gasteiger partial charge in [0.25, 0.3) is 15.9 Å². The first kappa shape index (κ1) is 26.2. The number of carbonyl (C=O) groups is 1. The van der Waals surface area contributed by atoms with Crippen molar-refractivity contribution >= 4 is 27.4 Å². The van der Waals surface area contributed by atoms with Gasteiger partial charge in [-0.05, 0) is 55.5 Å². The van der Waals surface area contributed by atoms with Crippen LogP contribution in [0, 0.1) is 0 Å². The Morgan fingerprint density at radius 1 is 1.05 bits per heavy atom. The van der Waals surface area contributed by atoms with E-state index in [0.29, 0.717) is 26.2 Å². The molecule has 4 rings (SSSR count). The number of ether oxygens (including phenoxy) is 1. The molecule has 1 amide bonds. The SMILES string of the molecule is CC(Oc1cccc(C(F)(F)F)c1)C(=O)N1CCN(c2ccc(S(=O)(=O)Nc3ccncn3)cc2)CC1. The van der Waals surface area contributed by atoms with Gasteiger partial charge in [0.2, 0.25) is 0 Å². The van der Waals surface area contributed by atoms with E-state index in [0.717, 1.165) is 17.8 Å². The van der Waals surface area contributed by atoms with E-state index in [-0.39, 0.29) is 22.4 Å². The number of halogens is 3. The van der Waals surface area contributed by atoms with Crippen LogP contribution in [0.5, 0.6) is 5.75 Å². The summed E-state index contributed by atoms with van der Waals surface area (Å²) >= 11 is 0. The van der Waals surface area contributed by atoms with Crippen LogP contribution >= 0.6 is 0 Å². The van der Waals surface area contributed by atoms with Crippen LogP contribution in [0.15, 0.2) is 72.0 Å². The number of sulfonamides is 1. The molecule has 1 unspecified atom stereocenters. The van der Waals surface area contributed by atoms with E-state index in [1.807, 2.05) is 4.90 Å². The number of nitrogens with zero attached hydrogens (tertiary/aromatic N) is 4. The molecule has 0 bridgehead atoms. The minimum absolute atomic E-state index is 0.0291. The maximum Gasteiger partial charge on any atom is 0.416 e. The van der Waals surface area contributed by atoms with Crippen LogP contribution in [0.2, 0.25) is 0 Å². The van der Waals surface area contributed by atoms with Gasteiger partial charge in [0.1, 0.15) is 17.9 Å². The normalized spacial score (nSPS) is 15.2. The quantitative estimate of drug-likeness (QED) is 0.495. The van der Waals surface area contributed by atoms with E-state index < -0.39 is 27.9 Å². The van der Waals surface area contributed by atoms with E-state index in [2.05, 4.69) is 14.7 Å². The minimum atomic E-state index is -4.50. The van der Waals surface area contributed by atoms with E-state index in [4.69, 9.17) is 4.74 Å². The van der Waals surface area contributed by atoms with Gasteiger partial charge in [-0.25, -0.2) is 18.4 Å². The highest BCUT2D eigenvalue weighted by Crippen LogP contribution is 2.31.